The molecule has 3 rings (SSSR count). The van der Waals surface area contributed by atoms with Gasteiger partial charge in [-0.15, -0.1) is 24.0 Å². The molecule has 0 aliphatic carbocycles. The first-order chi connectivity index (χ1) is 14.6. The highest BCUT2D eigenvalue weighted by atomic mass is 127. The van der Waals surface area contributed by atoms with Gasteiger partial charge in [0.1, 0.15) is 17.3 Å². The van der Waals surface area contributed by atoms with E-state index in [9.17, 15) is 0 Å². The van der Waals surface area contributed by atoms with Crippen LogP contribution in [-0.2, 0) is 13.1 Å². The van der Waals surface area contributed by atoms with Crippen molar-refractivity contribution in [2.75, 3.05) is 59.4 Å². The molecule has 170 valence electrons. The van der Waals surface area contributed by atoms with Crippen molar-refractivity contribution >= 4 is 35.8 Å². The first-order valence-corrected chi connectivity index (χ1v) is 10.2. The summed E-state index contributed by atoms with van der Waals surface area (Å²) >= 11 is 0. The summed E-state index contributed by atoms with van der Waals surface area (Å²) in [6.45, 7) is 5.43. The molecular formula is C22H33IN6O2. The zero-order valence-electron chi connectivity index (χ0n) is 18.7. The summed E-state index contributed by atoms with van der Waals surface area (Å²) in [7, 11) is 7.22. The van der Waals surface area contributed by atoms with Crippen molar-refractivity contribution in [2.24, 2.45) is 4.99 Å². The fourth-order valence-electron chi connectivity index (χ4n) is 3.33. The van der Waals surface area contributed by atoms with Crippen LogP contribution in [0.4, 0.5) is 5.82 Å². The summed E-state index contributed by atoms with van der Waals surface area (Å²) in [5.41, 5.74) is 2.14. The number of guanidine groups is 1. The van der Waals surface area contributed by atoms with Crippen LogP contribution in [0.25, 0.3) is 0 Å². The van der Waals surface area contributed by atoms with Gasteiger partial charge in [-0.3, -0.25) is 4.99 Å². The number of nitrogens with one attached hydrogen (secondary N) is 2. The van der Waals surface area contributed by atoms with Crippen LogP contribution >= 0.6 is 24.0 Å². The molecule has 1 aliphatic heterocycles. The Morgan fingerprint density at radius 1 is 1.03 bits per heavy atom. The van der Waals surface area contributed by atoms with Crippen molar-refractivity contribution in [3.63, 3.8) is 0 Å². The van der Waals surface area contributed by atoms with Crippen molar-refractivity contribution in [1.82, 2.24) is 20.5 Å². The number of aromatic nitrogens is 1. The molecule has 0 amide bonds. The van der Waals surface area contributed by atoms with Crippen LogP contribution in [0.1, 0.15) is 11.1 Å². The summed E-state index contributed by atoms with van der Waals surface area (Å²) in [5.74, 6) is 3.31. The molecule has 0 spiro atoms. The molecule has 2 heterocycles. The topological polar surface area (TPSA) is 74.3 Å². The standard InChI is InChI=1S/C22H32N6O2.HI/c1-23-22(26-16-18-6-7-19(29-3)13-20(18)30-4)25-15-17-5-8-21(24-14-17)28-11-9-27(2)10-12-28;/h5-8,13-14H,9-12,15-16H2,1-4H3,(H2,23,25,26);1H. The van der Waals surface area contributed by atoms with Gasteiger partial charge < -0.3 is 29.9 Å². The lowest BCUT2D eigenvalue weighted by Gasteiger charge is -2.33. The van der Waals surface area contributed by atoms with Gasteiger partial charge in [0.2, 0.25) is 0 Å². The van der Waals surface area contributed by atoms with Gasteiger partial charge >= 0.3 is 0 Å². The summed E-state index contributed by atoms with van der Waals surface area (Å²) in [4.78, 5) is 13.6. The van der Waals surface area contributed by atoms with Crippen molar-refractivity contribution in [3.05, 3.63) is 47.7 Å². The lowest BCUT2D eigenvalue weighted by atomic mass is 10.2. The van der Waals surface area contributed by atoms with Gasteiger partial charge in [-0.05, 0) is 30.8 Å². The first-order valence-electron chi connectivity index (χ1n) is 10.2. The Balaban J connectivity index is 0.00000341. The van der Waals surface area contributed by atoms with Crippen LogP contribution in [-0.4, -0.2) is 70.3 Å². The normalized spacial score (nSPS) is 14.6. The molecule has 2 N–H and O–H groups in total. The second kappa shape index (κ2) is 12.6. The SMILES string of the molecule is CN=C(NCc1ccc(N2CCN(C)CC2)nc1)NCc1ccc(OC)cc1OC.I. The number of anilines is 1. The second-order valence-electron chi connectivity index (χ2n) is 7.27. The summed E-state index contributed by atoms with van der Waals surface area (Å²) < 4.78 is 10.7. The molecule has 31 heavy (non-hydrogen) atoms. The molecule has 0 unspecified atom stereocenters. The maximum atomic E-state index is 5.45. The maximum absolute atomic E-state index is 5.45. The van der Waals surface area contributed by atoms with Crippen LogP contribution in [0.3, 0.4) is 0 Å². The number of methoxy groups -OCH3 is 2. The molecule has 1 saturated heterocycles. The molecule has 0 bridgehead atoms. The van der Waals surface area contributed by atoms with Crippen LogP contribution in [0.15, 0.2) is 41.5 Å². The summed E-state index contributed by atoms with van der Waals surface area (Å²) in [6.07, 6.45) is 1.93. The highest BCUT2D eigenvalue weighted by Gasteiger charge is 2.15. The molecule has 1 aliphatic rings. The van der Waals surface area contributed by atoms with Crippen LogP contribution in [0.5, 0.6) is 11.5 Å². The Labute approximate surface area is 202 Å². The number of halogens is 1. The average molecular weight is 540 g/mol. The highest BCUT2D eigenvalue weighted by Crippen LogP contribution is 2.24. The van der Waals surface area contributed by atoms with E-state index in [0.29, 0.717) is 13.1 Å². The number of rotatable bonds is 7. The lowest BCUT2D eigenvalue weighted by molar-refractivity contribution is 0.312. The number of nitrogens with zero attached hydrogens (tertiary/aromatic N) is 4. The average Bonchev–Trinajstić information content (AvgIpc) is 2.80. The summed E-state index contributed by atoms with van der Waals surface area (Å²) in [5, 5.41) is 6.65. The molecule has 0 atom stereocenters. The van der Waals surface area contributed by atoms with E-state index in [1.165, 1.54) is 0 Å². The van der Waals surface area contributed by atoms with Gasteiger partial charge in [0.25, 0.3) is 0 Å². The van der Waals surface area contributed by atoms with Crippen molar-refractivity contribution in [1.29, 1.82) is 0 Å². The van der Waals surface area contributed by atoms with Gasteiger partial charge in [-0.25, -0.2) is 4.98 Å². The minimum absolute atomic E-state index is 0. The highest BCUT2D eigenvalue weighted by molar-refractivity contribution is 14.0. The number of pyridine rings is 1. The predicted octanol–water partition coefficient (Wildman–Crippen LogP) is 2.33. The van der Waals surface area contributed by atoms with Gasteiger partial charge in [0.05, 0.1) is 14.2 Å². The van der Waals surface area contributed by atoms with E-state index < -0.39 is 0 Å². The quantitative estimate of drug-likeness (QED) is 0.318. The Bertz CT molecular complexity index is 838. The Kier molecular flexibility index (Phi) is 10.1. The minimum atomic E-state index is 0. The second-order valence-corrected chi connectivity index (χ2v) is 7.27. The molecule has 0 saturated carbocycles. The van der Waals surface area contributed by atoms with E-state index in [1.807, 2.05) is 24.4 Å². The van der Waals surface area contributed by atoms with E-state index in [4.69, 9.17) is 9.47 Å². The largest absolute Gasteiger partial charge is 0.497 e. The zero-order chi connectivity index (χ0) is 21.3. The fourth-order valence-corrected chi connectivity index (χ4v) is 3.33. The van der Waals surface area contributed by atoms with Crippen LogP contribution in [0.2, 0.25) is 0 Å². The number of likely N-dealkylation sites (N-methyl/N-ethyl adjacent to an activating group) is 1. The number of ether oxygens (including phenoxy) is 2. The van der Waals surface area contributed by atoms with E-state index in [-0.39, 0.29) is 24.0 Å². The van der Waals surface area contributed by atoms with Gasteiger partial charge in [0.15, 0.2) is 5.96 Å². The zero-order valence-corrected chi connectivity index (χ0v) is 21.1. The lowest BCUT2D eigenvalue weighted by Crippen LogP contribution is -2.44. The maximum Gasteiger partial charge on any atom is 0.191 e. The van der Waals surface area contributed by atoms with E-state index in [1.54, 1.807) is 21.3 Å². The Morgan fingerprint density at radius 3 is 2.39 bits per heavy atom. The molecule has 8 nitrogen and oxygen atoms in total. The molecular weight excluding hydrogens is 507 g/mol. The Hall–Kier alpha value is -2.27. The van der Waals surface area contributed by atoms with E-state index >= 15 is 0 Å². The monoisotopic (exact) mass is 540 g/mol. The number of piperazine rings is 1. The van der Waals surface area contributed by atoms with Gasteiger partial charge in [-0.1, -0.05) is 6.07 Å². The molecule has 1 fully saturated rings. The molecule has 2 aromatic rings. The molecule has 0 radical (unpaired) electrons. The van der Waals surface area contributed by atoms with Crippen LogP contribution < -0.4 is 25.0 Å². The van der Waals surface area contributed by atoms with Gasteiger partial charge in [0, 0.05) is 64.1 Å². The molecule has 1 aromatic heterocycles. The number of hydrogen-bond acceptors (Lipinski definition) is 6. The van der Waals surface area contributed by atoms with Crippen molar-refractivity contribution in [3.8, 4) is 11.5 Å². The minimum Gasteiger partial charge on any atom is -0.497 e. The van der Waals surface area contributed by atoms with E-state index in [2.05, 4.69) is 49.6 Å². The predicted molar refractivity (Wildman–Crippen MR) is 136 cm³/mol. The fraction of sp³-hybridized carbons (Fsp3) is 0.455. The van der Waals surface area contributed by atoms with Crippen molar-refractivity contribution < 1.29 is 9.47 Å². The summed E-state index contributed by atoms with van der Waals surface area (Å²) in [6, 6.07) is 10.00. The number of aliphatic imine (C=N–C) groups is 1. The molecule has 9 heteroatoms. The Morgan fingerprint density at radius 2 is 1.77 bits per heavy atom. The number of hydrogen-bond donors (Lipinski definition) is 2. The first kappa shape index (κ1) is 25.0. The van der Waals surface area contributed by atoms with E-state index in [0.717, 1.165) is 60.6 Å². The number of benzene rings is 1. The third-order valence-corrected chi connectivity index (χ3v) is 5.26. The molecule has 1 aromatic carbocycles. The smallest absolute Gasteiger partial charge is 0.191 e. The van der Waals surface area contributed by atoms with Gasteiger partial charge in [-0.2, -0.15) is 0 Å². The third kappa shape index (κ3) is 7.13. The van der Waals surface area contributed by atoms with Crippen LogP contribution in [0, 0.1) is 0 Å². The third-order valence-electron chi connectivity index (χ3n) is 5.26. The van der Waals surface area contributed by atoms with Crippen molar-refractivity contribution in [2.45, 2.75) is 13.1 Å².